The summed E-state index contributed by atoms with van der Waals surface area (Å²) in [4.78, 5) is 12.0. The van der Waals surface area contributed by atoms with Gasteiger partial charge in [-0.25, -0.2) is 0 Å². The van der Waals surface area contributed by atoms with E-state index in [1.165, 1.54) is 25.7 Å². The Balaban J connectivity index is 1.69. The van der Waals surface area contributed by atoms with Gasteiger partial charge in [-0.2, -0.15) is 0 Å². The zero-order valence-electron chi connectivity index (χ0n) is 13.9. The van der Waals surface area contributed by atoms with Crippen LogP contribution in [0.15, 0.2) is 24.3 Å². The summed E-state index contributed by atoms with van der Waals surface area (Å²) in [5.74, 6) is 1.39. The van der Waals surface area contributed by atoms with Crippen molar-refractivity contribution in [3.63, 3.8) is 0 Å². The minimum Gasteiger partial charge on any atom is -0.497 e. The molecule has 1 saturated carbocycles. The lowest BCUT2D eigenvalue weighted by atomic mass is 10.1. The summed E-state index contributed by atoms with van der Waals surface area (Å²) in [6.07, 6.45) is 7.74. The first-order valence-corrected chi connectivity index (χ1v) is 9.93. The van der Waals surface area contributed by atoms with Crippen LogP contribution in [0.2, 0.25) is 0 Å². The molecule has 0 spiro atoms. The molecular weight excluding hydrogens is 310 g/mol. The summed E-state index contributed by atoms with van der Waals surface area (Å²) in [5.41, 5.74) is 1.11. The molecular formula is C18H27NO3S. The van der Waals surface area contributed by atoms with Crippen LogP contribution >= 0.6 is 0 Å². The van der Waals surface area contributed by atoms with E-state index in [0.29, 0.717) is 12.2 Å². The van der Waals surface area contributed by atoms with Gasteiger partial charge in [0.25, 0.3) is 0 Å². The molecule has 0 bridgehead atoms. The summed E-state index contributed by atoms with van der Waals surface area (Å²) < 4.78 is 17.2. The molecule has 0 aliphatic heterocycles. The van der Waals surface area contributed by atoms with Crippen molar-refractivity contribution >= 4 is 16.7 Å². The SMILES string of the molecule is COc1ccc(CC[S@@](=O)CC(=O)NC2CCCCCC2)cc1. The lowest BCUT2D eigenvalue weighted by molar-refractivity contribution is -0.119. The minimum atomic E-state index is -1.11. The number of carbonyl (C=O) groups excluding carboxylic acids is 1. The number of benzene rings is 1. The maximum atomic E-state index is 12.1. The van der Waals surface area contributed by atoms with E-state index in [4.69, 9.17) is 4.74 Å². The third kappa shape index (κ3) is 6.73. The van der Waals surface area contributed by atoms with Crippen molar-refractivity contribution in [1.82, 2.24) is 5.32 Å². The fourth-order valence-electron chi connectivity index (χ4n) is 2.94. The fraction of sp³-hybridized carbons (Fsp3) is 0.611. The molecule has 0 saturated heterocycles. The largest absolute Gasteiger partial charge is 0.497 e. The third-order valence-corrected chi connectivity index (χ3v) is 5.53. The molecule has 2 rings (SSSR count). The van der Waals surface area contributed by atoms with Gasteiger partial charge in [-0.1, -0.05) is 37.8 Å². The Bertz CT molecular complexity index is 508. The predicted molar refractivity (Wildman–Crippen MR) is 94.2 cm³/mol. The van der Waals surface area contributed by atoms with Gasteiger partial charge in [-0.15, -0.1) is 0 Å². The van der Waals surface area contributed by atoms with Gasteiger partial charge >= 0.3 is 0 Å². The average molecular weight is 337 g/mol. The molecule has 5 heteroatoms. The van der Waals surface area contributed by atoms with Gasteiger partial charge in [0.2, 0.25) is 5.91 Å². The summed E-state index contributed by atoms with van der Waals surface area (Å²) in [6, 6.07) is 8.03. The normalized spacial score (nSPS) is 17.3. The number of hydrogen-bond acceptors (Lipinski definition) is 3. The quantitative estimate of drug-likeness (QED) is 0.779. The second kappa shape index (κ2) is 9.71. The number of rotatable bonds is 7. The van der Waals surface area contributed by atoms with Crippen LogP contribution in [0.25, 0.3) is 0 Å². The second-order valence-electron chi connectivity index (χ2n) is 6.14. The molecule has 1 N–H and O–H groups in total. The lowest BCUT2D eigenvalue weighted by Crippen LogP contribution is -2.37. The van der Waals surface area contributed by atoms with Gasteiger partial charge in [0.05, 0.1) is 7.11 Å². The molecule has 1 aromatic rings. The van der Waals surface area contributed by atoms with Gasteiger partial charge < -0.3 is 10.1 Å². The number of amides is 1. The van der Waals surface area contributed by atoms with Gasteiger partial charge in [-0.3, -0.25) is 9.00 Å². The number of methoxy groups -OCH3 is 1. The van der Waals surface area contributed by atoms with Crippen molar-refractivity contribution in [3.8, 4) is 5.75 Å². The summed E-state index contributed by atoms with van der Waals surface area (Å²) in [5, 5.41) is 3.05. The molecule has 0 aromatic heterocycles. The van der Waals surface area contributed by atoms with E-state index in [0.717, 1.165) is 24.2 Å². The number of nitrogens with one attached hydrogen (secondary N) is 1. The van der Waals surface area contributed by atoms with Gasteiger partial charge in [0.1, 0.15) is 11.5 Å². The summed E-state index contributed by atoms with van der Waals surface area (Å²) in [6.45, 7) is 0. The summed E-state index contributed by atoms with van der Waals surface area (Å²) >= 11 is 0. The molecule has 1 amide bonds. The van der Waals surface area contributed by atoms with Crippen LogP contribution in [0, 0.1) is 0 Å². The van der Waals surface area contributed by atoms with E-state index in [-0.39, 0.29) is 17.7 Å². The Labute approximate surface area is 141 Å². The molecule has 0 heterocycles. The number of ether oxygens (including phenoxy) is 1. The van der Waals surface area contributed by atoms with Crippen molar-refractivity contribution in [2.75, 3.05) is 18.6 Å². The molecule has 1 aromatic carbocycles. The Morgan fingerprint density at radius 3 is 2.43 bits per heavy atom. The van der Waals surface area contributed by atoms with Crippen LogP contribution in [0.5, 0.6) is 5.75 Å². The first kappa shape index (κ1) is 18.0. The van der Waals surface area contributed by atoms with Crippen molar-refractivity contribution in [2.24, 2.45) is 0 Å². The van der Waals surface area contributed by atoms with Gasteiger partial charge in [0, 0.05) is 22.6 Å². The number of aryl methyl sites for hydroxylation is 1. The van der Waals surface area contributed by atoms with E-state index < -0.39 is 10.8 Å². The van der Waals surface area contributed by atoms with Gasteiger partial charge in [0.15, 0.2) is 0 Å². The Hall–Kier alpha value is -1.36. The Morgan fingerprint density at radius 2 is 1.83 bits per heavy atom. The first-order valence-electron chi connectivity index (χ1n) is 8.44. The van der Waals surface area contributed by atoms with E-state index in [1.54, 1.807) is 7.11 Å². The monoisotopic (exact) mass is 337 g/mol. The van der Waals surface area contributed by atoms with Crippen LogP contribution in [-0.4, -0.2) is 34.8 Å². The highest BCUT2D eigenvalue weighted by Crippen LogP contribution is 2.17. The van der Waals surface area contributed by atoms with E-state index >= 15 is 0 Å². The predicted octanol–water partition coefficient (Wildman–Crippen LogP) is 2.83. The maximum Gasteiger partial charge on any atom is 0.232 e. The molecule has 1 fully saturated rings. The molecule has 1 aliphatic rings. The van der Waals surface area contributed by atoms with Gasteiger partial charge in [-0.05, 0) is 37.0 Å². The van der Waals surface area contributed by atoms with E-state index in [2.05, 4.69) is 5.32 Å². The number of hydrogen-bond donors (Lipinski definition) is 1. The molecule has 4 nitrogen and oxygen atoms in total. The smallest absolute Gasteiger partial charge is 0.232 e. The third-order valence-electron chi connectivity index (χ3n) is 4.29. The fourth-order valence-corrected chi connectivity index (χ4v) is 3.92. The minimum absolute atomic E-state index is 0.0648. The van der Waals surface area contributed by atoms with Crippen molar-refractivity contribution in [2.45, 2.75) is 51.0 Å². The molecule has 23 heavy (non-hydrogen) atoms. The van der Waals surface area contributed by atoms with Crippen LogP contribution < -0.4 is 10.1 Å². The van der Waals surface area contributed by atoms with Crippen LogP contribution in [0.4, 0.5) is 0 Å². The van der Waals surface area contributed by atoms with E-state index in [9.17, 15) is 9.00 Å². The van der Waals surface area contributed by atoms with Crippen molar-refractivity contribution < 1.29 is 13.7 Å². The highest BCUT2D eigenvalue weighted by molar-refractivity contribution is 7.85. The van der Waals surface area contributed by atoms with Crippen LogP contribution in [-0.2, 0) is 22.0 Å². The van der Waals surface area contributed by atoms with E-state index in [1.807, 2.05) is 24.3 Å². The van der Waals surface area contributed by atoms with Crippen LogP contribution in [0.3, 0.4) is 0 Å². The molecule has 0 radical (unpaired) electrons. The Morgan fingerprint density at radius 1 is 1.17 bits per heavy atom. The molecule has 0 unspecified atom stereocenters. The number of carbonyl (C=O) groups is 1. The average Bonchev–Trinajstić information content (AvgIpc) is 2.82. The molecule has 128 valence electrons. The summed E-state index contributed by atoms with van der Waals surface area (Å²) in [7, 11) is 0.526. The highest BCUT2D eigenvalue weighted by atomic mass is 32.2. The zero-order valence-corrected chi connectivity index (χ0v) is 14.7. The second-order valence-corrected chi connectivity index (χ2v) is 7.72. The maximum absolute atomic E-state index is 12.1. The van der Waals surface area contributed by atoms with Crippen LogP contribution in [0.1, 0.15) is 44.1 Å². The zero-order chi connectivity index (χ0) is 16.5. The highest BCUT2D eigenvalue weighted by Gasteiger charge is 2.16. The first-order chi connectivity index (χ1) is 11.2. The lowest BCUT2D eigenvalue weighted by Gasteiger charge is -2.16. The van der Waals surface area contributed by atoms with Crippen molar-refractivity contribution in [3.05, 3.63) is 29.8 Å². The molecule has 1 atom stereocenters. The topological polar surface area (TPSA) is 55.4 Å². The Kier molecular flexibility index (Phi) is 7.59. The van der Waals surface area contributed by atoms with Crippen molar-refractivity contribution in [1.29, 1.82) is 0 Å². The molecule has 1 aliphatic carbocycles. The standard InChI is InChI=1S/C18H27NO3S/c1-22-17-10-8-15(9-11-17)12-13-23(21)14-18(20)19-16-6-4-2-3-5-7-16/h8-11,16H,2-7,12-14H2,1H3,(H,19,20)/t23-/m1/s1.